The number of rotatable bonds is 7. The third-order valence-corrected chi connectivity index (χ3v) is 8.88. The van der Waals surface area contributed by atoms with Gasteiger partial charge in [-0.3, -0.25) is 14.5 Å². The van der Waals surface area contributed by atoms with Crippen LogP contribution in [0.1, 0.15) is 16.8 Å². The molecule has 194 valence electrons. The highest BCUT2D eigenvalue weighted by molar-refractivity contribution is 8.00. The summed E-state index contributed by atoms with van der Waals surface area (Å²) < 4.78 is 0.671. The van der Waals surface area contributed by atoms with Gasteiger partial charge in [-0.15, -0.1) is 23.1 Å². The summed E-state index contributed by atoms with van der Waals surface area (Å²) in [4.78, 5) is 48.6. The Labute approximate surface area is 221 Å². The number of aliphatic carboxylic acids is 1. The number of aromatic nitrogens is 1. The van der Waals surface area contributed by atoms with Crippen LogP contribution >= 0.6 is 23.1 Å². The number of nitrogens with one attached hydrogen (secondary N) is 1. The number of nitrogen functional groups attached to an aromatic ring is 1. The van der Waals surface area contributed by atoms with Crippen LogP contribution in [-0.2, 0) is 32.2 Å². The Balaban J connectivity index is 1.33. The van der Waals surface area contributed by atoms with Gasteiger partial charge in [0.1, 0.15) is 43.0 Å². The van der Waals surface area contributed by atoms with E-state index in [0.717, 1.165) is 36.4 Å². The van der Waals surface area contributed by atoms with Crippen molar-refractivity contribution in [2.24, 2.45) is 5.16 Å². The smallest absolute Gasteiger partial charge is 0.352 e. The molecule has 5 rings (SSSR count). The van der Waals surface area contributed by atoms with Crippen molar-refractivity contribution in [2.75, 3.05) is 38.7 Å². The second-order valence-electron chi connectivity index (χ2n) is 9.49. The lowest BCUT2D eigenvalue weighted by Crippen LogP contribution is -2.71. The fourth-order valence-electron chi connectivity index (χ4n) is 5.14. The zero-order chi connectivity index (χ0) is 26.3. The molecule has 11 nitrogen and oxygen atoms in total. The molecule has 2 amide bonds. The molecule has 3 aliphatic rings. The van der Waals surface area contributed by atoms with Crippen LogP contribution in [0, 0.1) is 0 Å². The van der Waals surface area contributed by atoms with Gasteiger partial charge in [0.2, 0.25) is 0 Å². The van der Waals surface area contributed by atoms with Crippen molar-refractivity contribution < 1.29 is 28.8 Å². The lowest BCUT2D eigenvalue weighted by molar-refractivity contribution is -0.920. The lowest BCUT2D eigenvalue weighted by Gasteiger charge is -2.50. The number of likely N-dealkylation sites (N-methyl/N-ethyl adjacent to an activating group) is 1. The summed E-state index contributed by atoms with van der Waals surface area (Å²) >= 11 is 2.59. The van der Waals surface area contributed by atoms with Gasteiger partial charge < -0.3 is 25.5 Å². The van der Waals surface area contributed by atoms with E-state index in [2.05, 4.69) is 34.6 Å². The highest BCUT2D eigenvalue weighted by Crippen LogP contribution is 2.41. The fraction of sp³-hybridized carbons (Fsp3) is 0.375. The van der Waals surface area contributed by atoms with Gasteiger partial charge >= 0.3 is 5.97 Å². The number of hydrogen-bond acceptors (Lipinski definition) is 9. The molecule has 1 fully saturated rings. The first-order valence-corrected chi connectivity index (χ1v) is 13.6. The first kappa shape index (κ1) is 25.2. The summed E-state index contributed by atoms with van der Waals surface area (Å²) in [5, 5.41) is 17.8. The predicted octanol–water partition coefficient (Wildman–Crippen LogP) is 1.02. The highest BCUT2D eigenvalue weighted by Gasteiger charge is 2.55. The zero-order valence-corrected chi connectivity index (χ0v) is 22.0. The van der Waals surface area contributed by atoms with E-state index >= 15 is 0 Å². The van der Waals surface area contributed by atoms with Crippen molar-refractivity contribution in [3.63, 3.8) is 0 Å². The van der Waals surface area contributed by atoms with Crippen LogP contribution in [0.25, 0.3) is 0 Å². The quantitative estimate of drug-likeness (QED) is 0.203. The number of oxime groups is 1. The molecule has 0 bridgehead atoms. The van der Waals surface area contributed by atoms with Gasteiger partial charge in [-0.05, 0) is 5.56 Å². The second kappa shape index (κ2) is 9.80. The monoisotopic (exact) mass is 543 g/mol. The molecule has 3 aliphatic heterocycles. The number of amides is 2. The van der Waals surface area contributed by atoms with Crippen LogP contribution in [0.5, 0.6) is 0 Å². The molecule has 4 N–H and O–H groups in total. The molecular formula is C24H27N6O5S2+. The maximum Gasteiger partial charge on any atom is 0.352 e. The van der Waals surface area contributed by atoms with Crippen LogP contribution < -0.4 is 11.1 Å². The average Bonchev–Trinajstić information content (AvgIpc) is 3.30. The van der Waals surface area contributed by atoms with Crippen LogP contribution in [0.2, 0.25) is 0 Å². The Hall–Kier alpha value is -3.42. The summed E-state index contributed by atoms with van der Waals surface area (Å²) in [5.41, 5.74) is 9.15. The van der Waals surface area contributed by atoms with Crippen LogP contribution in [0.15, 0.2) is 46.1 Å². The van der Waals surface area contributed by atoms with E-state index < -0.39 is 29.2 Å². The summed E-state index contributed by atoms with van der Waals surface area (Å²) in [6.07, 6.45) is 0.922. The largest absolute Gasteiger partial charge is 0.477 e. The van der Waals surface area contributed by atoms with E-state index in [0.29, 0.717) is 16.8 Å². The van der Waals surface area contributed by atoms with E-state index in [-0.39, 0.29) is 22.2 Å². The number of hydrogen-bond donors (Lipinski definition) is 3. The fourth-order valence-corrected chi connectivity index (χ4v) is 7.02. The van der Waals surface area contributed by atoms with E-state index in [4.69, 9.17) is 10.6 Å². The average molecular weight is 544 g/mol. The first-order valence-electron chi connectivity index (χ1n) is 11.6. The number of carboxylic acids is 1. The van der Waals surface area contributed by atoms with E-state index in [9.17, 15) is 19.5 Å². The van der Waals surface area contributed by atoms with Gasteiger partial charge in [-0.25, -0.2) is 9.78 Å². The summed E-state index contributed by atoms with van der Waals surface area (Å²) in [7, 11) is 3.42. The minimum absolute atomic E-state index is 0.0236. The van der Waals surface area contributed by atoms with E-state index in [1.165, 1.54) is 34.9 Å². The number of thioether (sulfide) groups is 1. The third kappa shape index (κ3) is 4.69. The number of carbonyl (C=O) groups is 3. The SMILES string of the molecule is CO/N=C(\C(=O)NC1C(=O)N2C(C(=O)O)=C(C[N+]3(C)CCc4ccccc4C3)CS[C@H]12)c1csc(N)n1. The molecule has 0 radical (unpaired) electrons. The van der Waals surface area contributed by atoms with Gasteiger partial charge in [-0.2, -0.15) is 0 Å². The van der Waals surface area contributed by atoms with Gasteiger partial charge in [0.05, 0.1) is 13.6 Å². The molecule has 4 heterocycles. The zero-order valence-electron chi connectivity index (χ0n) is 20.3. The molecule has 0 spiro atoms. The first-order chi connectivity index (χ1) is 17.7. The number of anilines is 1. The number of β-lactam (4-membered cyclic amide) rings is 1. The van der Waals surface area contributed by atoms with Crippen LogP contribution in [-0.4, -0.2) is 87.4 Å². The van der Waals surface area contributed by atoms with Crippen molar-refractivity contribution in [3.8, 4) is 0 Å². The maximum atomic E-state index is 13.1. The van der Waals surface area contributed by atoms with Gasteiger partial charge in [0, 0.05) is 28.7 Å². The number of thiazole rings is 1. The van der Waals surface area contributed by atoms with Crippen molar-refractivity contribution in [1.82, 2.24) is 15.2 Å². The number of nitrogens with zero attached hydrogens (tertiary/aromatic N) is 4. The third-order valence-electron chi connectivity index (χ3n) is 6.86. The summed E-state index contributed by atoms with van der Waals surface area (Å²) in [5.74, 6) is -1.80. The van der Waals surface area contributed by atoms with Crippen molar-refractivity contribution in [2.45, 2.75) is 24.4 Å². The lowest BCUT2D eigenvalue weighted by atomic mass is 9.96. The minimum atomic E-state index is -1.14. The number of carbonyl (C=O) groups excluding carboxylic acids is 2. The van der Waals surface area contributed by atoms with E-state index in [1.54, 1.807) is 5.38 Å². The van der Waals surface area contributed by atoms with E-state index in [1.807, 2.05) is 12.1 Å². The number of benzene rings is 1. The Morgan fingerprint density at radius 3 is 2.78 bits per heavy atom. The van der Waals surface area contributed by atoms with Crippen LogP contribution in [0.4, 0.5) is 5.13 Å². The Kier molecular flexibility index (Phi) is 6.68. The van der Waals surface area contributed by atoms with Crippen LogP contribution in [0.3, 0.4) is 0 Å². The minimum Gasteiger partial charge on any atom is -0.477 e. The number of quaternary nitrogens is 1. The topological polar surface area (TPSA) is 147 Å². The van der Waals surface area contributed by atoms with Gasteiger partial charge in [-0.1, -0.05) is 29.4 Å². The molecule has 1 saturated heterocycles. The standard InChI is InChI=1S/C24H26N6O5S2/c1-30(8-7-13-5-3-4-6-14(13)9-30)10-15-11-36-22-18(21(32)29(22)19(15)23(33)34)27-20(31)17(28-35-2)16-12-37-24(25)26-16/h3-6,12,18,22H,7-11H2,1-2H3,(H3-,25,26,27,31,33,34)/p+1/b28-17-/t18?,22-,30?/m1/s1. The normalized spacial score (nSPS) is 25.2. The highest BCUT2D eigenvalue weighted by atomic mass is 32.2. The molecule has 1 aromatic heterocycles. The summed E-state index contributed by atoms with van der Waals surface area (Å²) in [6, 6.07) is 7.44. The van der Waals surface area contributed by atoms with Crippen molar-refractivity contribution in [3.05, 3.63) is 57.7 Å². The Morgan fingerprint density at radius 2 is 2.11 bits per heavy atom. The molecule has 37 heavy (non-hydrogen) atoms. The number of nitrogens with two attached hydrogens (primary N) is 1. The molecular weight excluding hydrogens is 516 g/mol. The van der Waals surface area contributed by atoms with Crippen molar-refractivity contribution in [1.29, 1.82) is 0 Å². The number of fused-ring (bicyclic) bond motifs is 2. The Bertz CT molecular complexity index is 1340. The van der Waals surface area contributed by atoms with Gasteiger partial charge in [0.25, 0.3) is 11.8 Å². The number of carboxylic acid groups (broad SMARTS) is 1. The molecule has 3 atom stereocenters. The predicted molar refractivity (Wildman–Crippen MR) is 140 cm³/mol. The molecule has 2 unspecified atom stereocenters. The molecule has 0 saturated carbocycles. The molecule has 1 aromatic carbocycles. The maximum absolute atomic E-state index is 13.1. The van der Waals surface area contributed by atoms with Crippen molar-refractivity contribution >= 4 is 51.7 Å². The summed E-state index contributed by atoms with van der Waals surface area (Å²) in [6.45, 7) is 2.22. The second-order valence-corrected chi connectivity index (χ2v) is 11.5. The van der Waals surface area contributed by atoms with Gasteiger partial charge in [0.15, 0.2) is 10.8 Å². The Morgan fingerprint density at radius 1 is 1.35 bits per heavy atom. The molecule has 0 aliphatic carbocycles. The molecule has 13 heteroatoms. The molecule has 2 aromatic rings.